The van der Waals surface area contributed by atoms with Crippen LogP contribution in [0.25, 0.3) is 10.1 Å². The Hall–Kier alpha value is -0.860. The van der Waals surface area contributed by atoms with Crippen molar-refractivity contribution in [3.63, 3.8) is 0 Å². The van der Waals surface area contributed by atoms with Gasteiger partial charge in [0.1, 0.15) is 0 Å². The average Bonchev–Trinajstić information content (AvgIpc) is 2.65. The molecule has 0 saturated carbocycles. The fourth-order valence-corrected chi connectivity index (χ4v) is 2.23. The molecule has 1 nitrogen and oxygen atoms in total. The Morgan fingerprint density at radius 1 is 1.29 bits per heavy atom. The van der Waals surface area contributed by atoms with Gasteiger partial charge in [0.05, 0.1) is 6.61 Å². The number of benzene rings is 1. The van der Waals surface area contributed by atoms with Gasteiger partial charge in [0.2, 0.25) is 0 Å². The molecule has 73 valence electrons. The molecule has 1 radical (unpaired) electrons. The van der Waals surface area contributed by atoms with E-state index in [2.05, 4.69) is 36.6 Å². The normalized spacial score (nSPS) is 10.9. The number of thiophene rings is 1. The fourth-order valence-electron chi connectivity index (χ4n) is 1.46. The summed E-state index contributed by atoms with van der Waals surface area (Å²) in [6.07, 6.45) is 0.974. The molecule has 14 heavy (non-hydrogen) atoms. The molecule has 0 amide bonds. The first-order valence-electron chi connectivity index (χ1n) is 4.73. The molecule has 1 heterocycles. The van der Waals surface area contributed by atoms with Gasteiger partial charge in [-0.25, -0.2) is 0 Å². The van der Waals surface area contributed by atoms with E-state index in [0.717, 1.165) is 13.0 Å². The van der Waals surface area contributed by atoms with E-state index in [1.807, 2.05) is 0 Å². The second-order valence-electron chi connectivity index (χ2n) is 3.16. The minimum Gasteiger partial charge on any atom is -0.381 e. The number of rotatable bonds is 4. The molecule has 0 unspecified atom stereocenters. The zero-order valence-corrected chi connectivity index (χ0v) is 8.85. The lowest BCUT2D eigenvalue weighted by Crippen LogP contribution is -1.97. The van der Waals surface area contributed by atoms with Crippen LogP contribution in [0.3, 0.4) is 0 Å². The van der Waals surface area contributed by atoms with E-state index in [4.69, 9.17) is 4.74 Å². The van der Waals surface area contributed by atoms with E-state index in [-0.39, 0.29) is 0 Å². The van der Waals surface area contributed by atoms with Gasteiger partial charge < -0.3 is 4.74 Å². The zero-order valence-electron chi connectivity index (χ0n) is 8.03. The molecule has 0 aliphatic carbocycles. The Morgan fingerprint density at radius 2 is 2.21 bits per heavy atom. The lowest BCUT2D eigenvalue weighted by molar-refractivity contribution is 0.164. The summed E-state index contributed by atoms with van der Waals surface area (Å²) in [5.41, 5.74) is 1.34. The highest BCUT2D eigenvalue weighted by Gasteiger charge is 1.97. The number of ether oxygens (including phenoxy) is 1. The minimum absolute atomic E-state index is 0.556. The van der Waals surface area contributed by atoms with Gasteiger partial charge in [-0.2, -0.15) is 0 Å². The van der Waals surface area contributed by atoms with E-state index in [0.29, 0.717) is 6.61 Å². The molecule has 2 aromatic rings. The van der Waals surface area contributed by atoms with Crippen LogP contribution in [0.5, 0.6) is 0 Å². The van der Waals surface area contributed by atoms with Crippen LogP contribution in [0.2, 0.25) is 0 Å². The van der Waals surface area contributed by atoms with Gasteiger partial charge >= 0.3 is 0 Å². The number of hydrogen-bond acceptors (Lipinski definition) is 2. The minimum atomic E-state index is 0.556. The molecule has 0 aliphatic rings. The van der Waals surface area contributed by atoms with Gasteiger partial charge in [0.15, 0.2) is 0 Å². The standard InChI is InChI=1S/C12H13OS/c1-2-13-7-5-10-3-4-12-11(9-10)6-8-14-12/h3-4,6,8-9H,1-2,5,7H2. The molecule has 0 bridgehead atoms. The van der Waals surface area contributed by atoms with Crippen LogP contribution in [0.4, 0.5) is 0 Å². The van der Waals surface area contributed by atoms with Gasteiger partial charge in [-0.05, 0) is 41.8 Å². The van der Waals surface area contributed by atoms with Crippen LogP contribution in [-0.2, 0) is 11.2 Å². The highest BCUT2D eigenvalue weighted by atomic mass is 32.1. The lowest BCUT2D eigenvalue weighted by atomic mass is 10.1. The molecule has 1 aromatic carbocycles. The summed E-state index contributed by atoms with van der Waals surface area (Å²) in [6.45, 7) is 4.96. The van der Waals surface area contributed by atoms with E-state index >= 15 is 0 Å². The first-order chi connectivity index (χ1) is 6.90. The monoisotopic (exact) mass is 205 g/mol. The quantitative estimate of drug-likeness (QED) is 0.696. The van der Waals surface area contributed by atoms with Gasteiger partial charge in [-0.3, -0.25) is 0 Å². The van der Waals surface area contributed by atoms with Gasteiger partial charge in [0.25, 0.3) is 0 Å². The predicted molar refractivity (Wildman–Crippen MR) is 61.7 cm³/mol. The van der Waals surface area contributed by atoms with Crippen LogP contribution in [0, 0.1) is 6.92 Å². The fraction of sp³-hybridized carbons (Fsp3) is 0.250. The molecular weight excluding hydrogens is 192 g/mol. The van der Waals surface area contributed by atoms with Crippen molar-refractivity contribution in [3.8, 4) is 0 Å². The zero-order chi connectivity index (χ0) is 9.80. The Morgan fingerprint density at radius 3 is 3.07 bits per heavy atom. The largest absolute Gasteiger partial charge is 0.381 e. The average molecular weight is 205 g/mol. The highest BCUT2D eigenvalue weighted by Crippen LogP contribution is 2.21. The van der Waals surface area contributed by atoms with Crippen LogP contribution >= 0.6 is 11.3 Å². The molecule has 2 heteroatoms. The lowest BCUT2D eigenvalue weighted by Gasteiger charge is -2.01. The Bertz CT molecular complexity index is 405. The maximum absolute atomic E-state index is 5.22. The van der Waals surface area contributed by atoms with Crippen molar-refractivity contribution in [1.82, 2.24) is 0 Å². The van der Waals surface area contributed by atoms with E-state index in [1.165, 1.54) is 15.6 Å². The summed E-state index contributed by atoms with van der Waals surface area (Å²) in [6, 6.07) is 8.74. The second-order valence-corrected chi connectivity index (χ2v) is 4.10. The first-order valence-corrected chi connectivity index (χ1v) is 5.61. The van der Waals surface area contributed by atoms with E-state index in [1.54, 1.807) is 11.3 Å². The third-order valence-electron chi connectivity index (χ3n) is 2.20. The maximum atomic E-state index is 5.22. The summed E-state index contributed by atoms with van der Waals surface area (Å²) in [5, 5.41) is 3.46. The van der Waals surface area contributed by atoms with Crippen molar-refractivity contribution >= 4 is 21.4 Å². The number of hydrogen-bond donors (Lipinski definition) is 0. The molecular formula is C12H13OS. The Kier molecular flexibility index (Phi) is 3.17. The van der Waals surface area contributed by atoms with Crippen LogP contribution in [0.15, 0.2) is 29.6 Å². The smallest absolute Gasteiger partial charge is 0.0506 e. The van der Waals surface area contributed by atoms with Crippen molar-refractivity contribution < 1.29 is 4.74 Å². The van der Waals surface area contributed by atoms with Crippen molar-refractivity contribution in [2.75, 3.05) is 13.2 Å². The second kappa shape index (κ2) is 4.58. The maximum Gasteiger partial charge on any atom is 0.0506 e. The third kappa shape index (κ3) is 2.14. The predicted octanol–water partition coefficient (Wildman–Crippen LogP) is 3.29. The van der Waals surface area contributed by atoms with E-state index < -0.39 is 0 Å². The van der Waals surface area contributed by atoms with E-state index in [9.17, 15) is 0 Å². The molecule has 0 fully saturated rings. The first kappa shape index (κ1) is 9.69. The topological polar surface area (TPSA) is 9.23 Å². The van der Waals surface area contributed by atoms with Crippen molar-refractivity contribution in [2.45, 2.75) is 6.42 Å². The highest BCUT2D eigenvalue weighted by molar-refractivity contribution is 7.17. The van der Waals surface area contributed by atoms with Gasteiger partial charge in [-0.15, -0.1) is 11.3 Å². The summed E-state index contributed by atoms with van der Waals surface area (Å²) in [4.78, 5) is 0. The Labute approximate surface area is 88.3 Å². The van der Waals surface area contributed by atoms with Crippen LogP contribution < -0.4 is 0 Å². The molecule has 0 saturated heterocycles. The molecule has 0 N–H and O–H groups in total. The molecule has 0 aliphatic heterocycles. The molecule has 1 aromatic heterocycles. The summed E-state index contributed by atoms with van der Waals surface area (Å²) < 4.78 is 6.58. The third-order valence-corrected chi connectivity index (χ3v) is 3.09. The molecule has 2 rings (SSSR count). The van der Waals surface area contributed by atoms with Gasteiger partial charge in [-0.1, -0.05) is 12.1 Å². The van der Waals surface area contributed by atoms with Crippen molar-refractivity contribution in [2.24, 2.45) is 0 Å². The summed E-state index contributed by atoms with van der Waals surface area (Å²) in [5.74, 6) is 0. The molecule has 0 atom stereocenters. The van der Waals surface area contributed by atoms with Crippen LogP contribution in [0.1, 0.15) is 5.56 Å². The van der Waals surface area contributed by atoms with Crippen molar-refractivity contribution in [1.29, 1.82) is 0 Å². The number of fused-ring (bicyclic) bond motifs is 1. The van der Waals surface area contributed by atoms with Crippen molar-refractivity contribution in [3.05, 3.63) is 42.1 Å². The summed E-state index contributed by atoms with van der Waals surface area (Å²) in [7, 11) is 0. The summed E-state index contributed by atoms with van der Waals surface area (Å²) >= 11 is 1.78. The van der Waals surface area contributed by atoms with Gasteiger partial charge in [0, 0.05) is 11.3 Å². The molecule has 0 spiro atoms. The SMILES string of the molecule is [CH2]COCCc1ccc2sccc2c1. The Balaban J connectivity index is 2.10. The van der Waals surface area contributed by atoms with Crippen LogP contribution in [-0.4, -0.2) is 13.2 Å².